The van der Waals surface area contributed by atoms with Crippen molar-refractivity contribution < 1.29 is 9.53 Å². The molecular formula is C18H21NO2. The molecule has 1 aliphatic rings. The van der Waals surface area contributed by atoms with E-state index in [1.807, 2.05) is 44.2 Å². The third-order valence-corrected chi connectivity index (χ3v) is 4.09. The number of hydrogen-bond donors (Lipinski definition) is 0. The van der Waals surface area contributed by atoms with Crippen LogP contribution in [0.2, 0.25) is 0 Å². The van der Waals surface area contributed by atoms with Gasteiger partial charge in [0.05, 0.1) is 0 Å². The summed E-state index contributed by atoms with van der Waals surface area (Å²) in [5, 5.41) is 0. The maximum Gasteiger partial charge on any atom is 0.202 e. The van der Waals surface area contributed by atoms with E-state index >= 15 is 0 Å². The van der Waals surface area contributed by atoms with Crippen LogP contribution in [-0.4, -0.2) is 17.0 Å². The first-order valence-corrected chi connectivity index (χ1v) is 7.47. The van der Waals surface area contributed by atoms with E-state index in [9.17, 15) is 4.79 Å². The fraction of sp³-hybridized carbons (Fsp3) is 0.389. The second-order valence-electron chi connectivity index (χ2n) is 5.91. The van der Waals surface area contributed by atoms with Gasteiger partial charge in [0.25, 0.3) is 0 Å². The maximum atomic E-state index is 12.4. The van der Waals surface area contributed by atoms with E-state index in [4.69, 9.17) is 4.74 Å². The molecule has 0 unspecified atom stereocenters. The van der Waals surface area contributed by atoms with Crippen LogP contribution in [0.25, 0.3) is 0 Å². The van der Waals surface area contributed by atoms with Crippen LogP contribution in [0.5, 0.6) is 5.75 Å². The summed E-state index contributed by atoms with van der Waals surface area (Å²) in [6, 6.07) is 10.4. The van der Waals surface area contributed by atoms with Crippen molar-refractivity contribution >= 4 is 5.78 Å². The number of aryl methyl sites for hydroxylation is 2. The number of Topliss-reactive ketones (excluding diaryl/α,β-unsaturated/α-hetero) is 1. The predicted octanol–water partition coefficient (Wildman–Crippen LogP) is 4.01. The van der Waals surface area contributed by atoms with Crippen molar-refractivity contribution in [1.82, 2.24) is 4.57 Å². The molecule has 1 aromatic heterocycles. The smallest absolute Gasteiger partial charge is 0.202 e. The summed E-state index contributed by atoms with van der Waals surface area (Å²) in [5.74, 6) is 0.792. The van der Waals surface area contributed by atoms with Crippen LogP contribution < -0.4 is 4.74 Å². The lowest BCUT2D eigenvalue weighted by molar-refractivity contribution is 0.0921. The first-order valence-electron chi connectivity index (χ1n) is 7.47. The van der Waals surface area contributed by atoms with E-state index in [1.165, 1.54) is 24.1 Å². The van der Waals surface area contributed by atoms with Gasteiger partial charge in [0, 0.05) is 23.0 Å². The zero-order chi connectivity index (χ0) is 15.0. The normalized spacial score (nSPS) is 14.2. The van der Waals surface area contributed by atoms with Gasteiger partial charge >= 0.3 is 0 Å². The summed E-state index contributed by atoms with van der Waals surface area (Å²) in [4.78, 5) is 12.4. The van der Waals surface area contributed by atoms with Gasteiger partial charge in [-0.1, -0.05) is 17.7 Å². The quantitative estimate of drug-likeness (QED) is 0.776. The van der Waals surface area contributed by atoms with Gasteiger partial charge in [0.15, 0.2) is 6.61 Å². The van der Waals surface area contributed by atoms with Crippen molar-refractivity contribution in [3.05, 3.63) is 52.8 Å². The first kappa shape index (κ1) is 13.9. The topological polar surface area (TPSA) is 31.2 Å². The number of benzene rings is 1. The van der Waals surface area contributed by atoms with Crippen LogP contribution in [0.4, 0.5) is 0 Å². The minimum absolute atomic E-state index is 0.0515. The molecule has 21 heavy (non-hydrogen) atoms. The second-order valence-corrected chi connectivity index (χ2v) is 5.91. The molecule has 1 saturated carbocycles. The van der Waals surface area contributed by atoms with E-state index in [-0.39, 0.29) is 12.4 Å². The van der Waals surface area contributed by atoms with Crippen LogP contribution >= 0.6 is 0 Å². The fourth-order valence-electron chi connectivity index (χ4n) is 2.82. The number of ketones is 1. The highest BCUT2D eigenvalue weighted by Crippen LogP contribution is 2.38. The molecule has 3 rings (SSSR count). The monoisotopic (exact) mass is 283 g/mol. The molecule has 0 radical (unpaired) electrons. The van der Waals surface area contributed by atoms with E-state index in [2.05, 4.69) is 11.5 Å². The first-order chi connectivity index (χ1) is 10.1. The van der Waals surface area contributed by atoms with Gasteiger partial charge in [-0.05, 0) is 51.8 Å². The van der Waals surface area contributed by atoms with Crippen molar-refractivity contribution in [3.8, 4) is 5.75 Å². The minimum atomic E-state index is 0.0515. The van der Waals surface area contributed by atoms with Crippen molar-refractivity contribution in [1.29, 1.82) is 0 Å². The Morgan fingerprint density at radius 1 is 1.19 bits per heavy atom. The number of ether oxygens (including phenoxy) is 1. The summed E-state index contributed by atoms with van der Waals surface area (Å²) < 4.78 is 7.89. The van der Waals surface area contributed by atoms with Crippen LogP contribution in [-0.2, 0) is 0 Å². The molecule has 0 N–H and O–H groups in total. The predicted molar refractivity (Wildman–Crippen MR) is 83.2 cm³/mol. The van der Waals surface area contributed by atoms with Crippen molar-refractivity contribution in [3.63, 3.8) is 0 Å². The Kier molecular flexibility index (Phi) is 3.58. The van der Waals surface area contributed by atoms with E-state index < -0.39 is 0 Å². The molecule has 2 aromatic rings. The minimum Gasteiger partial charge on any atom is -0.485 e. The molecule has 1 aliphatic carbocycles. The molecule has 1 aromatic carbocycles. The largest absolute Gasteiger partial charge is 0.485 e. The molecule has 1 fully saturated rings. The van der Waals surface area contributed by atoms with Gasteiger partial charge in [0.2, 0.25) is 5.78 Å². The Labute approximate surface area is 125 Å². The van der Waals surface area contributed by atoms with Gasteiger partial charge in [-0.3, -0.25) is 4.79 Å². The fourth-order valence-corrected chi connectivity index (χ4v) is 2.82. The molecule has 110 valence electrons. The summed E-state index contributed by atoms with van der Waals surface area (Å²) in [5.41, 5.74) is 4.23. The average Bonchev–Trinajstić information content (AvgIpc) is 3.24. The SMILES string of the molecule is Cc1ccc(OCC(=O)c2cc(C)n(C3CC3)c2C)cc1. The van der Waals surface area contributed by atoms with E-state index in [1.54, 1.807) is 0 Å². The van der Waals surface area contributed by atoms with Gasteiger partial charge in [-0.2, -0.15) is 0 Å². The summed E-state index contributed by atoms with van der Waals surface area (Å²) in [7, 11) is 0. The molecule has 0 spiro atoms. The molecule has 0 atom stereocenters. The zero-order valence-corrected chi connectivity index (χ0v) is 12.8. The number of aromatic nitrogens is 1. The van der Waals surface area contributed by atoms with Crippen molar-refractivity contribution in [2.45, 2.75) is 39.7 Å². The Balaban J connectivity index is 1.71. The molecule has 3 nitrogen and oxygen atoms in total. The second kappa shape index (κ2) is 5.40. The van der Waals surface area contributed by atoms with Crippen LogP contribution in [0.15, 0.2) is 30.3 Å². The third kappa shape index (κ3) is 2.87. The Hall–Kier alpha value is -2.03. The highest BCUT2D eigenvalue weighted by atomic mass is 16.5. The lowest BCUT2D eigenvalue weighted by Crippen LogP contribution is -2.12. The third-order valence-electron chi connectivity index (χ3n) is 4.09. The molecule has 0 amide bonds. The highest BCUT2D eigenvalue weighted by molar-refractivity contribution is 5.98. The van der Waals surface area contributed by atoms with E-state index in [0.29, 0.717) is 6.04 Å². The Morgan fingerprint density at radius 3 is 2.48 bits per heavy atom. The maximum absolute atomic E-state index is 12.4. The number of carbonyl (C=O) groups is 1. The van der Waals surface area contributed by atoms with Gasteiger partial charge in [0.1, 0.15) is 5.75 Å². The van der Waals surface area contributed by atoms with Crippen LogP contribution in [0.1, 0.15) is 46.2 Å². The molecule has 3 heteroatoms. The van der Waals surface area contributed by atoms with E-state index in [0.717, 1.165) is 17.0 Å². The number of nitrogens with zero attached hydrogens (tertiary/aromatic N) is 1. The molecule has 1 heterocycles. The number of carbonyl (C=O) groups excluding carboxylic acids is 1. The lowest BCUT2D eigenvalue weighted by Gasteiger charge is -2.08. The summed E-state index contributed by atoms with van der Waals surface area (Å²) in [6.07, 6.45) is 2.45. The molecule has 0 aliphatic heterocycles. The Bertz CT molecular complexity index is 663. The van der Waals surface area contributed by atoms with Gasteiger partial charge in [-0.15, -0.1) is 0 Å². The summed E-state index contributed by atoms with van der Waals surface area (Å²) in [6.45, 7) is 6.23. The van der Waals surface area contributed by atoms with Crippen molar-refractivity contribution in [2.75, 3.05) is 6.61 Å². The number of rotatable bonds is 5. The summed E-state index contributed by atoms with van der Waals surface area (Å²) >= 11 is 0. The van der Waals surface area contributed by atoms with Crippen LogP contribution in [0, 0.1) is 20.8 Å². The van der Waals surface area contributed by atoms with Gasteiger partial charge in [-0.25, -0.2) is 0 Å². The zero-order valence-electron chi connectivity index (χ0n) is 12.8. The van der Waals surface area contributed by atoms with Crippen LogP contribution in [0.3, 0.4) is 0 Å². The lowest BCUT2D eigenvalue weighted by atomic mass is 10.1. The van der Waals surface area contributed by atoms with Crippen molar-refractivity contribution in [2.24, 2.45) is 0 Å². The molecular weight excluding hydrogens is 262 g/mol. The molecule has 0 bridgehead atoms. The average molecular weight is 283 g/mol. The van der Waals surface area contributed by atoms with Gasteiger partial charge < -0.3 is 9.30 Å². The number of hydrogen-bond acceptors (Lipinski definition) is 2. The Morgan fingerprint density at radius 2 is 1.86 bits per heavy atom. The highest BCUT2D eigenvalue weighted by Gasteiger charge is 2.28. The molecule has 0 saturated heterocycles. The standard InChI is InChI=1S/C18H21NO2/c1-12-4-8-16(9-5-12)21-11-18(20)17-10-13(2)19(14(17)3)15-6-7-15/h4-5,8-10,15H,6-7,11H2,1-3H3.